The van der Waals surface area contributed by atoms with Crippen LogP contribution in [0, 0.1) is 10.1 Å². The van der Waals surface area contributed by atoms with Crippen LogP contribution in [0.4, 0.5) is 30.2 Å². The van der Waals surface area contributed by atoms with Crippen LogP contribution in [0.1, 0.15) is 12.0 Å². The first-order chi connectivity index (χ1) is 14.6. The van der Waals surface area contributed by atoms with Gasteiger partial charge in [0.05, 0.1) is 27.2 Å². The molecule has 1 aliphatic rings. The van der Waals surface area contributed by atoms with Crippen molar-refractivity contribution in [3.63, 3.8) is 0 Å². The second-order valence-electron chi connectivity index (χ2n) is 6.47. The topological polar surface area (TPSA) is 110 Å². The van der Waals surface area contributed by atoms with Gasteiger partial charge in [0, 0.05) is 24.2 Å². The van der Waals surface area contributed by atoms with Crippen molar-refractivity contribution in [3.05, 3.63) is 64.2 Å². The molecule has 1 fully saturated rings. The molecular weight excluding hydrogens is 439 g/mol. The predicted octanol–water partition coefficient (Wildman–Crippen LogP) is 3.62. The molecule has 3 amide bonds. The number of halogens is 3. The first-order valence-electron chi connectivity index (χ1n) is 8.76. The Balaban J connectivity index is 1.60. The van der Waals surface area contributed by atoms with Crippen molar-refractivity contribution in [1.29, 1.82) is 0 Å². The van der Waals surface area contributed by atoms with Gasteiger partial charge in [-0.1, -0.05) is 6.07 Å². The zero-order chi connectivity index (χ0) is 22.8. The minimum atomic E-state index is -4.55. The number of hydrogen-bond acceptors (Lipinski definition) is 6. The monoisotopic (exact) mass is 453 g/mol. The van der Waals surface area contributed by atoms with Gasteiger partial charge in [0.25, 0.3) is 5.69 Å². The van der Waals surface area contributed by atoms with Crippen LogP contribution in [-0.4, -0.2) is 33.6 Å². The molecule has 12 heteroatoms. The lowest BCUT2D eigenvalue weighted by Gasteiger charge is -2.14. The maximum absolute atomic E-state index is 12.8. The molecule has 1 unspecified atom stereocenters. The van der Waals surface area contributed by atoms with E-state index in [1.165, 1.54) is 30.3 Å². The van der Waals surface area contributed by atoms with E-state index >= 15 is 0 Å². The summed E-state index contributed by atoms with van der Waals surface area (Å²) in [6, 6.07) is 9.02. The summed E-state index contributed by atoms with van der Waals surface area (Å²) in [5, 5.41) is 12.2. The highest BCUT2D eigenvalue weighted by Gasteiger charge is 2.40. The molecular formula is C19H14F3N3O5S. The van der Waals surface area contributed by atoms with E-state index < -0.39 is 39.6 Å². The summed E-state index contributed by atoms with van der Waals surface area (Å²) >= 11 is 0.885. The van der Waals surface area contributed by atoms with Gasteiger partial charge in [-0.2, -0.15) is 13.2 Å². The predicted molar refractivity (Wildman–Crippen MR) is 107 cm³/mol. The fraction of sp³-hybridized carbons (Fsp3) is 0.211. The minimum absolute atomic E-state index is 0.0400. The Morgan fingerprint density at radius 1 is 1.19 bits per heavy atom. The zero-order valence-electron chi connectivity index (χ0n) is 15.6. The van der Waals surface area contributed by atoms with Crippen molar-refractivity contribution >= 4 is 46.5 Å². The summed E-state index contributed by atoms with van der Waals surface area (Å²) in [5.74, 6) is -1.97. The number of nitro groups is 1. The number of anilines is 2. The quantitative estimate of drug-likeness (QED) is 0.407. The third kappa shape index (κ3) is 5.20. The second kappa shape index (κ2) is 8.76. The molecule has 1 atom stereocenters. The lowest BCUT2D eigenvalue weighted by Crippen LogP contribution is -2.31. The van der Waals surface area contributed by atoms with Crippen LogP contribution in [0.2, 0.25) is 0 Å². The fourth-order valence-corrected chi connectivity index (χ4v) is 3.81. The van der Waals surface area contributed by atoms with Crippen molar-refractivity contribution in [2.75, 3.05) is 16.0 Å². The van der Waals surface area contributed by atoms with E-state index in [0.29, 0.717) is 0 Å². The van der Waals surface area contributed by atoms with E-state index in [1.807, 2.05) is 0 Å². The lowest BCUT2D eigenvalue weighted by atomic mass is 10.2. The van der Waals surface area contributed by atoms with Crippen LogP contribution in [0.25, 0.3) is 0 Å². The first kappa shape index (κ1) is 22.3. The highest BCUT2D eigenvalue weighted by atomic mass is 32.2. The first-order valence-corrected chi connectivity index (χ1v) is 9.81. The van der Waals surface area contributed by atoms with Gasteiger partial charge in [-0.15, -0.1) is 11.8 Å². The van der Waals surface area contributed by atoms with E-state index in [2.05, 4.69) is 5.32 Å². The molecule has 1 N–H and O–H groups in total. The van der Waals surface area contributed by atoms with Gasteiger partial charge in [-0.25, -0.2) is 4.90 Å². The molecule has 3 rings (SSSR count). The summed E-state index contributed by atoms with van der Waals surface area (Å²) < 4.78 is 38.3. The minimum Gasteiger partial charge on any atom is -0.325 e. The highest BCUT2D eigenvalue weighted by molar-refractivity contribution is 8.01. The van der Waals surface area contributed by atoms with Crippen molar-refractivity contribution in [2.45, 2.75) is 17.8 Å². The Morgan fingerprint density at radius 3 is 2.48 bits per heavy atom. The molecule has 1 saturated heterocycles. The number of thioether (sulfide) groups is 1. The Kier molecular flexibility index (Phi) is 6.29. The van der Waals surface area contributed by atoms with Gasteiger partial charge in [-0.05, 0) is 30.3 Å². The molecule has 0 aliphatic carbocycles. The third-order valence-corrected chi connectivity index (χ3v) is 5.51. The molecule has 2 aromatic rings. The van der Waals surface area contributed by atoms with Crippen LogP contribution in [-0.2, 0) is 20.6 Å². The largest absolute Gasteiger partial charge is 0.416 e. The summed E-state index contributed by atoms with van der Waals surface area (Å²) in [5.41, 5.74) is -0.966. The lowest BCUT2D eigenvalue weighted by molar-refractivity contribution is -0.384. The normalized spacial score (nSPS) is 16.5. The van der Waals surface area contributed by atoms with E-state index in [4.69, 9.17) is 0 Å². The van der Waals surface area contributed by atoms with E-state index in [9.17, 15) is 37.7 Å². The molecule has 31 heavy (non-hydrogen) atoms. The number of nitrogens with zero attached hydrogens (tertiary/aromatic N) is 2. The molecule has 0 radical (unpaired) electrons. The molecule has 0 bridgehead atoms. The van der Waals surface area contributed by atoms with E-state index in [-0.39, 0.29) is 29.2 Å². The number of rotatable bonds is 6. The number of alkyl halides is 3. The van der Waals surface area contributed by atoms with Gasteiger partial charge >= 0.3 is 6.18 Å². The summed E-state index contributed by atoms with van der Waals surface area (Å²) in [6.45, 7) is 0. The second-order valence-corrected chi connectivity index (χ2v) is 7.66. The number of imide groups is 1. The van der Waals surface area contributed by atoms with Crippen LogP contribution in [0.3, 0.4) is 0 Å². The van der Waals surface area contributed by atoms with Crippen LogP contribution >= 0.6 is 11.8 Å². The molecule has 1 aliphatic heterocycles. The molecule has 0 spiro atoms. The maximum Gasteiger partial charge on any atom is 0.416 e. The number of nitrogens with one attached hydrogen (secondary N) is 1. The number of benzene rings is 2. The zero-order valence-corrected chi connectivity index (χ0v) is 16.4. The molecule has 0 aromatic heterocycles. The Labute approximate surface area is 177 Å². The molecule has 0 saturated carbocycles. The Morgan fingerprint density at radius 2 is 1.87 bits per heavy atom. The van der Waals surface area contributed by atoms with E-state index in [0.717, 1.165) is 34.9 Å². The summed E-state index contributed by atoms with van der Waals surface area (Å²) in [4.78, 5) is 47.9. The standard InChI is InChI=1S/C19H14F3N3O5S/c20-19(21,22)11-2-1-3-12(8-11)23-16(26)10-31-15-9-17(27)24(18(15)28)13-4-6-14(7-5-13)25(29)30/h1-8,15H,9-10H2,(H,23,26). The Bertz CT molecular complexity index is 1040. The van der Waals surface area contributed by atoms with Crippen LogP contribution < -0.4 is 10.2 Å². The highest BCUT2D eigenvalue weighted by Crippen LogP contribution is 2.32. The van der Waals surface area contributed by atoms with Crippen molar-refractivity contribution in [2.24, 2.45) is 0 Å². The van der Waals surface area contributed by atoms with Gasteiger partial charge in [0.15, 0.2) is 0 Å². The molecule has 1 heterocycles. The van der Waals surface area contributed by atoms with Crippen molar-refractivity contribution in [1.82, 2.24) is 0 Å². The number of carbonyl (C=O) groups is 3. The van der Waals surface area contributed by atoms with Gasteiger partial charge < -0.3 is 5.32 Å². The van der Waals surface area contributed by atoms with Gasteiger partial charge in [0.2, 0.25) is 17.7 Å². The molecule has 2 aromatic carbocycles. The summed E-state index contributed by atoms with van der Waals surface area (Å²) in [6.07, 6.45) is -4.72. The average Bonchev–Trinajstić information content (AvgIpc) is 2.99. The number of nitro benzene ring substituents is 1. The molecule has 162 valence electrons. The number of hydrogen-bond donors (Lipinski definition) is 1. The van der Waals surface area contributed by atoms with Crippen molar-refractivity contribution in [3.8, 4) is 0 Å². The van der Waals surface area contributed by atoms with Crippen molar-refractivity contribution < 1.29 is 32.5 Å². The SMILES string of the molecule is O=C(CSC1CC(=O)N(c2ccc([N+](=O)[O-])cc2)C1=O)Nc1cccc(C(F)(F)F)c1. The van der Waals surface area contributed by atoms with Crippen LogP contribution in [0.5, 0.6) is 0 Å². The number of non-ortho nitro benzene ring substituents is 1. The van der Waals surface area contributed by atoms with Gasteiger partial charge in [-0.3, -0.25) is 24.5 Å². The third-order valence-electron chi connectivity index (χ3n) is 4.31. The van der Waals surface area contributed by atoms with Crippen LogP contribution in [0.15, 0.2) is 48.5 Å². The number of amides is 3. The average molecular weight is 453 g/mol. The Hall–Kier alpha value is -3.41. The van der Waals surface area contributed by atoms with Gasteiger partial charge in [0.1, 0.15) is 0 Å². The maximum atomic E-state index is 12.8. The molecule has 8 nitrogen and oxygen atoms in total. The van der Waals surface area contributed by atoms with E-state index in [1.54, 1.807) is 0 Å². The number of carbonyl (C=O) groups excluding carboxylic acids is 3. The smallest absolute Gasteiger partial charge is 0.325 e. The summed E-state index contributed by atoms with van der Waals surface area (Å²) in [7, 11) is 0. The fourth-order valence-electron chi connectivity index (χ4n) is 2.88.